The highest BCUT2D eigenvalue weighted by molar-refractivity contribution is 5.92. The van der Waals surface area contributed by atoms with E-state index in [0.717, 1.165) is 23.2 Å². The zero-order chi connectivity index (χ0) is 21.5. The number of amides is 1. The predicted octanol–water partition coefficient (Wildman–Crippen LogP) is 2.61. The number of carbonyl (C=O) groups is 1. The van der Waals surface area contributed by atoms with Gasteiger partial charge in [-0.3, -0.25) is 9.78 Å². The maximum atomic E-state index is 12.2. The molecule has 0 fully saturated rings. The van der Waals surface area contributed by atoms with E-state index in [2.05, 4.69) is 25.7 Å². The van der Waals surface area contributed by atoms with Crippen LogP contribution in [0, 0.1) is 13.8 Å². The van der Waals surface area contributed by atoms with Crippen LogP contribution in [-0.4, -0.2) is 44.0 Å². The van der Waals surface area contributed by atoms with Gasteiger partial charge in [-0.2, -0.15) is 0 Å². The molecule has 0 aliphatic heterocycles. The molecule has 1 unspecified atom stereocenters. The van der Waals surface area contributed by atoms with Gasteiger partial charge in [0.05, 0.1) is 18.2 Å². The van der Waals surface area contributed by atoms with Crippen LogP contribution < -0.4 is 10.1 Å². The number of nitrogens with zero attached hydrogens (tertiary/aromatic N) is 4. The van der Waals surface area contributed by atoms with Crippen molar-refractivity contribution >= 4 is 5.91 Å². The lowest BCUT2D eigenvalue weighted by Crippen LogP contribution is -2.37. The van der Waals surface area contributed by atoms with Crippen molar-refractivity contribution in [3.63, 3.8) is 0 Å². The van der Waals surface area contributed by atoms with Crippen LogP contribution in [0.15, 0.2) is 35.0 Å². The second-order valence-corrected chi connectivity index (χ2v) is 6.94. The summed E-state index contributed by atoms with van der Waals surface area (Å²) < 4.78 is 11.0. The molecule has 30 heavy (non-hydrogen) atoms. The topological polar surface area (TPSA) is 123 Å². The summed E-state index contributed by atoms with van der Waals surface area (Å²) in [6, 6.07) is 6.64. The smallest absolute Gasteiger partial charge is 0.272 e. The molecule has 9 nitrogen and oxygen atoms in total. The second-order valence-electron chi connectivity index (χ2n) is 6.94. The van der Waals surface area contributed by atoms with E-state index in [9.17, 15) is 9.90 Å². The van der Waals surface area contributed by atoms with Crippen LogP contribution in [0.4, 0.5) is 0 Å². The molecule has 158 valence electrons. The molecule has 2 N–H and O–H groups in total. The third-order valence-electron chi connectivity index (χ3n) is 4.60. The molecule has 0 aliphatic carbocycles. The van der Waals surface area contributed by atoms with Crippen molar-refractivity contribution in [2.75, 3.05) is 6.61 Å². The fraction of sp³-hybridized carbons (Fsp3) is 0.381. The van der Waals surface area contributed by atoms with Crippen molar-refractivity contribution in [2.45, 2.75) is 46.3 Å². The van der Waals surface area contributed by atoms with Gasteiger partial charge in [-0.1, -0.05) is 18.5 Å². The molecule has 0 aliphatic rings. The van der Waals surface area contributed by atoms with Crippen molar-refractivity contribution in [3.05, 3.63) is 53.2 Å². The van der Waals surface area contributed by atoms with E-state index in [1.165, 1.54) is 6.07 Å². The number of aliphatic hydroxyl groups excluding tert-OH is 1. The zero-order valence-corrected chi connectivity index (χ0v) is 17.3. The fourth-order valence-electron chi connectivity index (χ4n) is 2.88. The molecule has 0 spiro atoms. The minimum atomic E-state index is -0.384. The summed E-state index contributed by atoms with van der Waals surface area (Å²) in [6.45, 7) is 5.77. The average Bonchev–Trinajstić information content (AvgIpc) is 3.13. The first kappa shape index (κ1) is 21.4. The number of nitrogens with one attached hydrogen (secondary N) is 1. The van der Waals surface area contributed by atoms with Crippen LogP contribution in [0.25, 0.3) is 11.3 Å². The van der Waals surface area contributed by atoms with Gasteiger partial charge in [0.25, 0.3) is 5.91 Å². The van der Waals surface area contributed by atoms with E-state index < -0.39 is 0 Å². The summed E-state index contributed by atoms with van der Waals surface area (Å²) in [5.74, 6) is 0.526. The van der Waals surface area contributed by atoms with Gasteiger partial charge in [0.2, 0.25) is 5.88 Å². The summed E-state index contributed by atoms with van der Waals surface area (Å²) >= 11 is 0. The quantitative estimate of drug-likeness (QED) is 0.551. The molecule has 3 heterocycles. The molecule has 1 atom stereocenters. The number of hydrogen-bond donors (Lipinski definition) is 2. The summed E-state index contributed by atoms with van der Waals surface area (Å²) in [5, 5.41) is 24.0. The molecule has 3 rings (SSSR count). The highest BCUT2D eigenvalue weighted by Gasteiger charge is 2.17. The summed E-state index contributed by atoms with van der Waals surface area (Å²) in [6.07, 6.45) is 3.28. The molecule has 0 saturated heterocycles. The van der Waals surface area contributed by atoms with Crippen LogP contribution in [0.5, 0.6) is 5.88 Å². The van der Waals surface area contributed by atoms with Gasteiger partial charge in [0, 0.05) is 23.5 Å². The average molecular weight is 411 g/mol. The number of pyridine rings is 1. The van der Waals surface area contributed by atoms with Crippen molar-refractivity contribution in [1.82, 2.24) is 25.7 Å². The first-order valence-electron chi connectivity index (χ1n) is 9.78. The maximum Gasteiger partial charge on any atom is 0.272 e. The van der Waals surface area contributed by atoms with Crippen LogP contribution >= 0.6 is 0 Å². The van der Waals surface area contributed by atoms with Crippen molar-refractivity contribution in [1.29, 1.82) is 0 Å². The van der Waals surface area contributed by atoms with Gasteiger partial charge in [-0.15, -0.1) is 10.2 Å². The number of hydrogen-bond acceptors (Lipinski definition) is 8. The van der Waals surface area contributed by atoms with Gasteiger partial charge in [-0.25, -0.2) is 0 Å². The zero-order valence-electron chi connectivity index (χ0n) is 17.3. The monoisotopic (exact) mass is 411 g/mol. The van der Waals surface area contributed by atoms with Gasteiger partial charge >= 0.3 is 0 Å². The van der Waals surface area contributed by atoms with E-state index in [0.29, 0.717) is 17.9 Å². The minimum Gasteiger partial charge on any atom is -0.472 e. The Balaban J connectivity index is 1.65. The van der Waals surface area contributed by atoms with Crippen molar-refractivity contribution in [2.24, 2.45) is 0 Å². The second kappa shape index (κ2) is 9.93. The number of carbonyl (C=O) groups excluding carboxylic acids is 1. The Bertz CT molecular complexity index is 970. The van der Waals surface area contributed by atoms with Crippen molar-refractivity contribution < 1.29 is 19.2 Å². The number of aromatic nitrogens is 4. The third kappa shape index (κ3) is 5.18. The summed E-state index contributed by atoms with van der Waals surface area (Å²) in [7, 11) is 0. The normalized spacial score (nSPS) is 11.9. The molecular formula is C21H25N5O4. The Morgan fingerprint density at radius 3 is 2.70 bits per heavy atom. The fourth-order valence-corrected chi connectivity index (χ4v) is 2.88. The lowest BCUT2D eigenvalue weighted by Gasteiger charge is -2.14. The molecular weight excluding hydrogens is 386 g/mol. The SMILES string of the molecule is CCCC(CO)NC(=O)c1ccc(OCc2c(-c3ccc(C)nc3)noc2C)nn1. The largest absolute Gasteiger partial charge is 0.472 e. The molecule has 9 heteroatoms. The minimum absolute atomic E-state index is 0.120. The van der Waals surface area contributed by atoms with Gasteiger partial charge < -0.3 is 19.7 Å². The Hall–Kier alpha value is -3.33. The Morgan fingerprint density at radius 2 is 2.07 bits per heavy atom. The van der Waals surface area contributed by atoms with Crippen molar-refractivity contribution in [3.8, 4) is 17.1 Å². The first-order valence-corrected chi connectivity index (χ1v) is 9.78. The number of ether oxygens (including phenoxy) is 1. The number of rotatable bonds is 9. The van der Waals surface area contributed by atoms with Crippen LogP contribution in [0.1, 0.15) is 47.3 Å². The molecule has 3 aromatic heterocycles. The third-order valence-corrected chi connectivity index (χ3v) is 4.60. The molecule has 0 aromatic carbocycles. The van der Waals surface area contributed by atoms with E-state index in [-0.39, 0.29) is 36.7 Å². The highest BCUT2D eigenvalue weighted by atomic mass is 16.5. The van der Waals surface area contributed by atoms with Gasteiger partial charge in [-0.05, 0) is 38.5 Å². The van der Waals surface area contributed by atoms with Gasteiger partial charge in [0.15, 0.2) is 5.69 Å². The molecule has 0 saturated carbocycles. The maximum absolute atomic E-state index is 12.2. The molecule has 1 amide bonds. The number of aryl methyl sites for hydroxylation is 2. The molecule has 0 bridgehead atoms. The van der Waals surface area contributed by atoms with Crippen LogP contribution in [0.2, 0.25) is 0 Å². The highest BCUT2D eigenvalue weighted by Crippen LogP contribution is 2.25. The Labute approximate surface area is 174 Å². The van der Waals surface area contributed by atoms with Crippen LogP contribution in [0.3, 0.4) is 0 Å². The lowest BCUT2D eigenvalue weighted by atomic mass is 10.1. The summed E-state index contributed by atoms with van der Waals surface area (Å²) in [5.41, 5.74) is 3.35. The lowest BCUT2D eigenvalue weighted by molar-refractivity contribution is 0.0906. The van der Waals surface area contributed by atoms with E-state index in [4.69, 9.17) is 9.26 Å². The van der Waals surface area contributed by atoms with E-state index in [1.807, 2.05) is 32.9 Å². The summed E-state index contributed by atoms with van der Waals surface area (Å²) in [4.78, 5) is 16.5. The molecule has 3 aromatic rings. The molecule has 0 radical (unpaired) electrons. The Morgan fingerprint density at radius 1 is 1.23 bits per heavy atom. The standard InChI is InChI=1S/C21H25N5O4/c1-4-5-16(11-27)23-21(28)18-8-9-19(25-24-18)29-12-17-14(3)30-26-20(17)15-7-6-13(2)22-10-15/h6-10,16,27H,4-5,11-12H2,1-3H3,(H,23,28). The van der Waals surface area contributed by atoms with E-state index >= 15 is 0 Å². The van der Waals surface area contributed by atoms with Gasteiger partial charge in [0.1, 0.15) is 18.1 Å². The predicted molar refractivity (Wildman–Crippen MR) is 109 cm³/mol. The first-order chi connectivity index (χ1) is 14.5. The number of aliphatic hydroxyl groups is 1. The Kier molecular flexibility index (Phi) is 7.08. The van der Waals surface area contributed by atoms with E-state index in [1.54, 1.807) is 12.3 Å². The van der Waals surface area contributed by atoms with Crippen LogP contribution in [-0.2, 0) is 6.61 Å².